The summed E-state index contributed by atoms with van der Waals surface area (Å²) in [5, 5.41) is 8.64. The Morgan fingerprint density at radius 3 is 2.50 bits per heavy atom. The second-order valence-corrected chi connectivity index (χ2v) is 6.30. The first-order chi connectivity index (χ1) is 4.64. The van der Waals surface area contributed by atoms with E-state index in [1.165, 1.54) is 6.66 Å². The monoisotopic (exact) mass is 184 g/mol. The minimum absolute atomic E-state index is 0.0926. The van der Waals surface area contributed by atoms with E-state index in [1.807, 2.05) is 0 Å². The van der Waals surface area contributed by atoms with Gasteiger partial charge in [0, 0.05) is 6.66 Å². The van der Waals surface area contributed by atoms with Crippen molar-refractivity contribution in [2.24, 2.45) is 0 Å². The molecule has 0 saturated carbocycles. The van der Waals surface area contributed by atoms with Crippen molar-refractivity contribution in [3.63, 3.8) is 0 Å². The lowest BCUT2D eigenvalue weighted by atomic mass is 11.6. The summed E-state index contributed by atoms with van der Waals surface area (Å²) >= 11 is 0. The summed E-state index contributed by atoms with van der Waals surface area (Å²) in [6.45, 7) is 1.44. The first-order valence-electron chi connectivity index (χ1n) is 2.84. The zero-order chi connectivity index (χ0) is 7.61. The van der Waals surface area contributed by atoms with E-state index in [1.54, 1.807) is 0 Å². The molecule has 0 aromatic carbocycles. The Balaban J connectivity index is 2.38. The van der Waals surface area contributed by atoms with Crippen LogP contribution in [0.1, 0.15) is 0 Å². The third-order valence-electron chi connectivity index (χ3n) is 1.15. The summed E-state index contributed by atoms with van der Waals surface area (Å²) in [5.74, 6) is 0. The van der Waals surface area contributed by atoms with Gasteiger partial charge >= 0.3 is 7.60 Å². The number of hydrogen-bond donors (Lipinski definition) is 1. The van der Waals surface area contributed by atoms with Crippen molar-refractivity contribution in [2.45, 2.75) is 0 Å². The molecule has 0 unspecified atom stereocenters. The third kappa shape index (κ3) is 2.30. The second-order valence-electron chi connectivity index (χ2n) is 2.10. The number of aliphatic hydroxyl groups is 1. The van der Waals surface area contributed by atoms with E-state index in [9.17, 15) is 4.57 Å². The van der Waals surface area contributed by atoms with Gasteiger partial charge in [0.1, 0.15) is 0 Å². The summed E-state index contributed by atoms with van der Waals surface area (Å²) in [7, 11) is -3.32. The van der Waals surface area contributed by atoms with Gasteiger partial charge in [-0.3, -0.25) is 4.57 Å². The van der Waals surface area contributed by atoms with Gasteiger partial charge in [-0.15, -0.1) is 0 Å². The van der Waals surface area contributed by atoms with Gasteiger partial charge in [0.15, 0.2) is 0 Å². The molecule has 0 aromatic heterocycles. The lowest BCUT2D eigenvalue weighted by Crippen LogP contribution is -2.07. The lowest BCUT2D eigenvalue weighted by Gasteiger charge is -2.25. The fourth-order valence-electron chi connectivity index (χ4n) is 0.529. The van der Waals surface area contributed by atoms with Crippen LogP contribution in [0, 0.1) is 0 Å². The van der Waals surface area contributed by atoms with E-state index < -0.39 is 15.5 Å². The second kappa shape index (κ2) is 3.29. The molecule has 0 amide bonds. The highest BCUT2D eigenvalue weighted by Crippen LogP contribution is 2.55. The molecule has 1 rings (SSSR count). The average molecular weight is 184 g/mol. The van der Waals surface area contributed by atoms with Crippen LogP contribution in [0.3, 0.4) is 0 Å². The summed E-state index contributed by atoms with van der Waals surface area (Å²) in [4.78, 5) is 0. The third-order valence-corrected chi connectivity index (χ3v) is 4.14. The zero-order valence-corrected chi connectivity index (χ0v) is 7.48. The van der Waals surface area contributed by atoms with Gasteiger partial charge in [-0.1, -0.05) is 0 Å². The van der Waals surface area contributed by atoms with Crippen molar-refractivity contribution in [1.29, 1.82) is 0 Å². The maximum atomic E-state index is 11.0. The van der Waals surface area contributed by atoms with Gasteiger partial charge in [-0.2, -0.15) is 0 Å². The predicted molar refractivity (Wildman–Crippen MR) is 39.4 cm³/mol. The van der Waals surface area contributed by atoms with Crippen molar-refractivity contribution < 1.29 is 18.7 Å². The van der Waals surface area contributed by atoms with Gasteiger partial charge in [-0.05, 0) is 7.92 Å². The van der Waals surface area contributed by atoms with E-state index in [4.69, 9.17) is 14.2 Å². The van der Waals surface area contributed by atoms with Crippen LogP contribution in [0.2, 0.25) is 0 Å². The largest absolute Gasteiger partial charge is 0.392 e. The van der Waals surface area contributed by atoms with E-state index in [0.717, 1.165) is 0 Å². The van der Waals surface area contributed by atoms with Crippen molar-refractivity contribution >= 4 is 15.5 Å². The molecule has 1 saturated heterocycles. The normalized spacial score (nSPS) is 41.6. The minimum atomic E-state index is -2.73. The van der Waals surface area contributed by atoms with E-state index in [2.05, 4.69) is 0 Å². The highest BCUT2D eigenvalue weighted by Gasteiger charge is 2.26. The molecular formula is C4H10O4P2. The number of hydrogen-bond acceptors (Lipinski definition) is 4. The molecule has 0 aromatic rings. The lowest BCUT2D eigenvalue weighted by molar-refractivity contribution is 0.236. The summed E-state index contributed by atoms with van der Waals surface area (Å²) < 4.78 is 20.7. The fourth-order valence-corrected chi connectivity index (χ4v) is 3.83. The molecule has 1 N–H and O–H groups in total. The van der Waals surface area contributed by atoms with Gasteiger partial charge in [0.2, 0.25) is 0 Å². The van der Waals surface area contributed by atoms with Crippen LogP contribution >= 0.6 is 15.5 Å². The van der Waals surface area contributed by atoms with Crippen LogP contribution in [0.25, 0.3) is 0 Å². The molecule has 10 heavy (non-hydrogen) atoms. The van der Waals surface area contributed by atoms with Crippen molar-refractivity contribution in [3.8, 4) is 0 Å². The highest BCUT2D eigenvalue weighted by molar-refractivity contribution is 7.61. The van der Waals surface area contributed by atoms with Crippen LogP contribution < -0.4 is 0 Å². The van der Waals surface area contributed by atoms with Crippen molar-refractivity contribution in [1.82, 2.24) is 0 Å². The zero-order valence-electron chi connectivity index (χ0n) is 5.69. The Kier molecular flexibility index (Phi) is 2.84. The molecule has 0 spiro atoms. The number of rotatable bonds is 1. The van der Waals surface area contributed by atoms with Crippen molar-refractivity contribution in [3.05, 3.63) is 0 Å². The highest BCUT2D eigenvalue weighted by atomic mass is 31.2. The molecule has 60 valence electrons. The Hall–Kier alpha value is 0.540. The molecule has 1 aliphatic rings. The van der Waals surface area contributed by atoms with Gasteiger partial charge in [0.25, 0.3) is 0 Å². The standard InChI is InChI=1S/C4H10O4P2/c1-10(6)7-3-9(2-5)4-8-10/h5H,2-4H2,1H3. The Labute approximate surface area is 60.8 Å². The molecule has 0 aliphatic carbocycles. The van der Waals surface area contributed by atoms with Crippen LogP contribution in [0.4, 0.5) is 0 Å². The maximum absolute atomic E-state index is 11.0. The molecule has 0 atom stereocenters. The van der Waals surface area contributed by atoms with E-state index in [-0.39, 0.29) is 6.35 Å². The predicted octanol–water partition coefficient (Wildman–Crippen LogP) is 1.20. The Bertz CT molecular complexity index is 147. The van der Waals surface area contributed by atoms with Crippen molar-refractivity contribution in [2.75, 3.05) is 25.7 Å². The first-order valence-corrected chi connectivity index (χ1v) is 6.72. The molecule has 4 nitrogen and oxygen atoms in total. The minimum Gasteiger partial charge on any atom is -0.392 e. The summed E-state index contributed by atoms with van der Waals surface area (Å²) in [5.41, 5.74) is 0. The van der Waals surface area contributed by atoms with Crippen LogP contribution in [-0.4, -0.2) is 30.8 Å². The van der Waals surface area contributed by atoms with Gasteiger partial charge in [-0.25, -0.2) is 0 Å². The van der Waals surface area contributed by atoms with E-state index >= 15 is 0 Å². The molecule has 6 heteroatoms. The summed E-state index contributed by atoms with van der Waals surface area (Å²) in [6.07, 6.45) is 0.897. The molecular weight excluding hydrogens is 174 g/mol. The van der Waals surface area contributed by atoms with Crippen LogP contribution in [-0.2, 0) is 13.6 Å². The first kappa shape index (κ1) is 8.63. The Morgan fingerprint density at radius 2 is 2.10 bits per heavy atom. The molecule has 1 fully saturated rings. The molecule has 1 aliphatic heterocycles. The summed E-state index contributed by atoms with van der Waals surface area (Å²) in [6, 6.07) is 0. The quantitative estimate of drug-likeness (QED) is 0.622. The molecule has 0 bridgehead atoms. The maximum Gasteiger partial charge on any atom is 0.328 e. The van der Waals surface area contributed by atoms with E-state index in [0.29, 0.717) is 12.7 Å². The van der Waals surface area contributed by atoms with Gasteiger partial charge < -0.3 is 14.2 Å². The Morgan fingerprint density at radius 1 is 1.60 bits per heavy atom. The van der Waals surface area contributed by atoms with Crippen LogP contribution in [0.5, 0.6) is 0 Å². The van der Waals surface area contributed by atoms with Gasteiger partial charge in [0.05, 0.1) is 19.0 Å². The SMILES string of the molecule is CP1(=O)OCP(CO)CO1. The molecule has 0 radical (unpaired) electrons. The fraction of sp³-hybridized carbons (Fsp3) is 1.00. The smallest absolute Gasteiger partial charge is 0.328 e. The van der Waals surface area contributed by atoms with Crippen LogP contribution in [0.15, 0.2) is 0 Å². The molecule has 1 heterocycles. The average Bonchev–Trinajstić information content (AvgIpc) is 1.88. The number of aliphatic hydroxyl groups excluding tert-OH is 1. The topological polar surface area (TPSA) is 55.8 Å².